The third-order valence-corrected chi connectivity index (χ3v) is 6.62. The zero-order chi connectivity index (χ0) is 24.6. The third-order valence-electron chi connectivity index (χ3n) is 5.25. The molecule has 0 aliphatic rings. The topological polar surface area (TPSA) is 86.8 Å². The fourth-order valence-corrected chi connectivity index (χ4v) is 4.28. The Labute approximate surface area is 201 Å². The van der Waals surface area contributed by atoms with Gasteiger partial charge >= 0.3 is 0 Å². The number of hydrogen-bond acceptors (Lipinski definition) is 4. The van der Waals surface area contributed by atoms with Gasteiger partial charge in [0.15, 0.2) is 0 Å². The Hall–Kier alpha value is -2.58. The fraction of sp³-hybridized carbons (Fsp3) is 0.417. The van der Waals surface area contributed by atoms with Gasteiger partial charge in [0.2, 0.25) is 21.8 Å². The highest BCUT2D eigenvalue weighted by Gasteiger charge is 2.30. The summed E-state index contributed by atoms with van der Waals surface area (Å²) in [7, 11) is -3.78. The van der Waals surface area contributed by atoms with Gasteiger partial charge in [0.1, 0.15) is 12.6 Å². The summed E-state index contributed by atoms with van der Waals surface area (Å²) in [6.45, 7) is 5.89. The van der Waals surface area contributed by atoms with Crippen LogP contribution in [0.25, 0.3) is 0 Å². The van der Waals surface area contributed by atoms with E-state index in [2.05, 4.69) is 5.32 Å². The summed E-state index contributed by atoms with van der Waals surface area (Å²) in [5.74, 6) is -0.767. The lowest BCUT2D eigenvalue weighted by Gasteiger charge is -2.31. The van der Waals surface area contributed by atoms with Crippen molar-refractivity contribution in [2.75, 3.05) is 23.7 Å². The van der Waals surface area contributed by atoms with E-state index in [1.165, 1.54) is 11.0 Å². The number of unbranched alkanes of at least 4 members (excludes halogenated alkanes) is 1. The molecule has 0 bridgehead atoms. The maximum atomic E-state index is 13.4. The summed E-state index contributed by atoms with van der Waals surface area (Å²) in [5, 5.41) is 3.21. The van der Waals surface area contributed by atoms with Gasteiger partial charge in [-0.2, -0.15) is 0 Å². The van der Waals surface area contributed by atoms with Gasteiger partial charge in [0, 0.05) is 18.1 Å². The lowest BCUT2D eigenvalue weighted by atomic mass is 10.1. The van der Waals surface area contributed by atoms with Crippen LogP contribution in [0.15, 0.2) is 48.5 Å². The van der Waals surface area contributed by atoms with E-state index in [0.717, 1.165) is 34.5 Å². The average molecular weight is 494 g/mol. The van der Waals surface area contributed by atoms with Crippen molar-refractivity contribution in [3.63, 3.8) is 0 Å². The number of carbonyl (C=O) groups excluding carboxylic acids is 2. The van der Waals surface area contributed by atoms with Crippen LogP contribution < -0.4 is 9.62 Å². The normalized spacial score (nSPS) is 12.2. The first kappa shape index (κ1) is 26.7. The number of anilines is 1. The van der Waals surface area contributed by atoms with Crippen LogP contribution in [0.1, 0.15) is 37.8 Å². The van der Waals surface area contributed by atoms with E-state index in [1.807, 2.05) is 38.1 Å². The summed E-state index contributed by atoms with van der Waals surface area (Å²) < 4.78 is 26.0. The summed E-state index contributed by atoms with van der Waals surface area (Å²) in [5.41, 5.74) is 2.20. The van der Waals surface area contributed by atoms with Gasteiger partial charge in [0.25, 0.3) is 0 Å². The molecule has 9 heteroatoms. The largest absolute Gasteiger partial charge is 0.354 e. The van der Waals surface area contributed by atoms with Gasteiger partial charge in [-0.1, -0.05) is 60.8 Å². The molecule has 1 atom stereocenters. The number of halogens is 1. The Kier molecular flexibility index (Phi) is 9.73. The minimum absolute atomic E-state index is 0.175. The van der Waals surface area contributed by atoms with E-state index < -0.39 is 28.5 Å². The number of nitrogens with one attached hydrogen (secondary N) is 1. The van der Waals surface area contributed by atoms with Crippen molar-refractivity contribution in [1.82, 2.24) is 10.2 Å². The first-order valence-corrected chi connectivity index (χ1v) is 13.1. The molecular formula is C24H32ClN3O4S. The molecule has 2 rings (SSSR count). The second-order valence-corrected chi connectivity index (χ2v) is 10.4. The van der Waals surface area contributed by atoms with E-state index in [4.69, 9.17) is 11.6 Å². The Morgan fingerprint density at radius 2 is 1.79 bits per heavy atom. The predicted octanol–water partition coefficient (Wildman–Crippen LogP) is 3.75. The first-order valence-electron chi connectivity index (χ1n) is 10.9. The van der Waals surface area contributed by atoms with Gasteiger partial charge in [0.05, 0.1) is 11.9 Å². The lowest BCUT2D eigenvalue weighted by molar-refractivity contribution is -0.139. The molecule has 0 aliphatic heterocycles. The number of amides is 2. The maximum Gasteiger partial charge on any atom is 0.244 e. The van der Waals surface area contributed by atoms with E-state index in [1.54, 1.807) is 25.1 Å². The zero-order valence-electron chi connectivity index (χ0n) is 19.5. The molecule has 0 radical (unpaired) electrons. The summed E-state index contributed by atoms with van der Waals surface area (Å²) >= 11 is 6.04. The predicted molar refractivity (Wildman–Crippen MR) is 133 cm³/mol. The number of rotatable bonds is 11. The molecule has 0 aromatic heterocycles. The second kappa shape index (κ2) is 12.0. The monoisotopic (exact) mass is 493 g/mol. The lowest BCUT2D eigenvalue weighted by Crippen LogP contribution is -2.51. The zero-order valence-corrected chi connectivity index (χ0v) is 21.1. The van der Waals surface area contributed by atoms with Crippen molar-refractivity contribution < 1.29 is 18.0 Å². The molecular weight excluding hydrogens is 462 g/mol. The fourth-order valence-electron chi connectivity index (χ4n) is 3.25. The van der Waals surface area contributed by atoms with Crippen molar-refractivity contribution in [3.8, 4) is 0 Å². The molecule has 33 heavy (non-hydrogen) atoms. The minimum atomic E-state index is -3.78. The highest BCUT2D eigenvalue weighted by molar-refractivity contribution is 7.92. The molecule has 2 aromatic rings. The van der Waals surface area contributed by atoms with Crippen LogP contribution >= 0.6 is 11.6 Å². The van der Waals surface area contributed by atoms with Crippen molar-refractivity contribution in [2.24, 2.45) is 0 Å². The van der Waals surface area contributed by atoms with E-state index in [-0.39, 0.29) is 18.1 Å². The number of benzene rings is 2. The molecule has 1 unspecified atom stereocenters. The van der Waals surface area contributed by atoms with Gasteiger partial charge in [-0.25, -0.2) is 8.42 Å². The SMILES string of the molecule is CCCCNC(=O)C(C)N(Cc1ccc(C)cc1)C(=O)CN(c1cccc(Cl)c1)S(C)(=O)=O. The Bertz CT molecular complexity index is 1060. The van der Waals surface area contributed by atoms with Gasteiger partial charge < -0.3 is 10.2 Å². The number of hydrogen-bond donors (Lipinski definition) is 1. The summed E-state index contributed by atoms with van der Waals surface area (Å²) in [6.07, 6.45) is 2.80. The van der Waals surface area contributed by atoms with Crippen molar-refractivity contribution >= 4 is 39.1 Å². The Balaban J connectivity index is 2.33. The van der Waals surface area contributed by atoms with Gasteiger partial charge in [-0.3, -0.25) is 13.9 Å². The molecule has 0 heterocycles. The van der Waals surface area contributed by atoms with Crippen LogP contribution in [-0.4, -0.2) is 50.5 Å². The number of nitrogens with zero attached hydrogens (tertiary/aromatic N) is 2. The van der Waals surface area contributed by atoms with Crippen molar-refractivity contribution in [1.29, 1.82) is 0 Å². The number of carbonyl (C=O) groups is 2. The quantitative estimate of drug-likeness (QED) is 0.483. The standard InChI is InChI=1S/C24H32ClN3O4S/c1-5-6-14-26-24(30)19(3)27(16-20-12-10-18(2)11-13-20)23(29)17-28(33(4,31)32)22-9-7-8-21(25)15-22/h7-13,15,19H,5-6,14,16-17H2,1-4H3,(H,26,30). The molecule has 7 nitrogen and oxygen atoms in total. The number of sulfonamides is 1. The second-order valence-electron chi connectivity index (χ2n) is 8.08. The summed E-state index contributed by atoms with van der Waals surface area (Å²) in [6, 6.07) is 13.2. The molecule has 0 spiro atoms. The summed E-state index contributed by atoms with van der Waals surface area (Å²) in [4.78, 5) is 27.6. The smallest absolute Gasteiger partial charge is 0.244 e. The van der Waals surface area contributed by atoms with Crippen LogP contribution in [0.3, 0.4) is 0 Å². The third kappa shape index (κ3) is 8.05. The first-order chi connectivity index (χ1) is 15.5. The minimum Gasteiger partial charge on any atom is -0.354 e. The van der Waals surface area contributed by atoms with Crippen LogP contribution in [0, 0.1) is 6.92 Å². The molecule has 0 aliphatic carbocycles. The van der Waals surface area contributed by atoms with Crippen LogP contribution in [-0.2, 0) is 26.2 Å². The molecule has 1 N–H and O–H groups in total. The van der Waals surface area contributed by atoms with Crippen LogP contribution in [0.2, 0.25) is 5.02 Å². The molecule has 0 saturated heterocycles. The van der Waals surface area contributed by atoms with Crippen molar-refractivity contribution in [2.45, 2.75) is 46.2 Å². The van der Waals surface area contributed by atoms with Crippen LogP contribution in [0.4, 0.5) is 5.69 Å². The van der Waals surface area contributed by atoms with Gasteiger partial charge in [-0.05, 0) is 44.0 Å². The molecule has 0 saturated carbocycles. The molecule has 0 fully saturated rings. The highest BCUT2D eigenvalue weighted by Crippen LogP contribution is 2.22. The van der Waals surface area contributed by atoms with E-state index in [9.17, 15) is 18.0 Å². The maximum absolute atomic E-state index is 13.4. The molecule has 180 valence electrons. The van der Waals surface area contributed by atoms with Crippen LogP contribution in [0.5, 0.6) is 0 Å². The Morgan fingerprint density at radius 1 is 1.12 bits per heavy atom. The number of aryl methyl sites for hydroxylation is 1. The molecule has 2 amide bonds. The van der Waals surface area contributed by atoms with Gasteiger partial charge in [-0.15, -0.1) is 0 Å². The van der Waals surface area contributed by atoms with Crippen molar-refractivity contribution in [3.05, 3.63) is 64.7 Å². The molecule has 2 aromatic carbocycles. The van der Waals surface area contributed by atoms with E-state index in [0.29, 0.717) is 11.6 Å². The van der Waals surface area contributed by atoms with E-state index >= 15 is 0 Å². The average Bonchev–Trinajstić information content (AvgIpc) is 2.75. The Morgan fingerprint density at radius 3 is 2.36 bits per heavy atom. The highest BCUT2D eigenvalue weighted by atomic mass is 35.5.